The molecule has 1 aromatic carbocycles. The lowest BCUT2D eigenvalue weighted by Gasteiger charge is -2.10. The van der Waals surface area contributed by atoms with Crippen molar-refractivity contribution in [3.63, 3.8) is 0 Å². The summed E-state index contributed by atoms with van der Waals surface area (Å²) in [6.45, 7) is 0. The Morgan fingerprint density at radius 3 is 2.86 bits per heavy atom. The Morgan fingerprint density at radius 1 is 1.52 bits per heavy atom. The fraction of sp³-hybridized carbons (Fsp3) is 0.0909. The number of nitrogens with zero attached hydrogens (tertiary/aromatic N) is 3. The Bertz CT molecular complexity index is 800. The predicted octanol–water partition coefficient (Wildman–Crippen LogP) is 1.08. The summed E-state index contributed by atoms with van der Waals surface area (Å²) >= 11 is 3.21. The summed E-state index contributed by atoms with van der Waals surface area (Å²) < 4.78 is 29.0. The molecule has 0 saturated heterocycles. The van der Waals surface area contributed by atoms with E-state index in [9.17, 15) is 8.42 Å². The normalized spacial score (nSPS) is 12.4. The van der Waals surface area contributed by atoms with Crippen molar-refractivity contribution >= 4 is 37.6 Å². The summed E-state index contributed by atoms with van der Waals surface area (Å²) in [5.74, 6) is -0.139. The van der Waals surface area contributed by atoms with Crippen molar-refractivity contribution in [3.8, 4) is 0 Å². The maximum absolute atomic E-state index is 12.4. The Morgan fingerprint density at radius 2 is 2.24 bits per heavy atom. The van der Waals surface area contributed by atoms with E-state index < -0.39 is 10.0 Å². The van der Waals surface area contributed by atoms with Crippen LogP contribution in [-0.2, 0) is 17.1 Å². The van der Waals surface area contributed by atoms with Crippen LogP contribution in [0.4, 0.5) is 5.82 Å². The molecule has 0 spiro atoms. The molecule has 10 heteroatoms. The van der Waals surface area contributed by atoms with Gasteiger partial charge >= 0.3 is 0 Å². The van der Waals surface area contributed by atoms with Crippen LogP contribution in [0, 0.1) is 0 Å². The maximum Gasteiger partial charge on any atom is 0.263 e. The molecule has 0 amide bonds. The molecule has 21 heavy (non-hydrogen) atoms. The van der Waals surface area contributed by atoms with Crippen molar-refractivity contribution < 1.29 is 13.6 Å². The minimum Gasteiger partial charge on any atom is -0.409 e. The molecule has 2 aromatic rings. The molecule has 0 atom stereocenters. The highest BCUT2D eigenvalue weighted by Crippen LogP contribution is 2.21. The third kappa shape index (κ3) is 3.16. The van der Waals surface area contributed by atoms with Crippen LogP contribution in [0.1, 0.15) is 5.56 Å². The van der Waals surface area contributed by atoms with Crippen molar-refractivity contribution in [1.82, 2.24) is 9.78 Å². The van der Waals surface area contributed by atoms with E-state index in [0.29, 0.717) is 4.47 Å². The highest BCUT2D eigenvalue weighted by Gasteiger charge is 2.20. The zero-order valence-corrected chi connectivity index (χ0v) is 13.3. The molecule has 0 fully saturated rings. The monoisotopic (exact) mass is 373 g/mol. The quantitative estimate of drug-likeness (QED) is 0.320. The third-order valence-corrected chi connectivity index (χ3v) is 4.49. The second kappa shape index (κ2) is 5.74. The molecule has 8 nitrogen and oxygen atoms in total. The van der Waals surface area contributed by atoms with E-state index in [4.69, 9.17) is 10.9 Å². The lowest BCUT2D eigenvalue weighted by molar-refractivity contribution is 0.318. The number of nitrogens with two attached hydrogens (primary N) is 1. The molecule has 0 bridgehead atoms. The van der Waals surface area contributed by atoms with Crippen LogP contribution in [-0.4, -0.2) is 29.2 Å². The highest BCUT2D eigenvalue weighted by molar-refractivity contribution is 9.10. The van der Waals surface area contributed by atoms with Gasteiger partial charge in [-0.3, -0.25) is 9.40 Å². The summed E-state index contributed by atoms with van der Waals surface area (Å²) in [5, 5.41) is 15.5. The lowest BCUT2D eigenvalue weighted by atomic mass is 10.3. The van der Waals surface area contributed by atoms with Gasteiger partial charge in [0, 0.05) is 11.5 Å². The van der Waals surface area contributed by atoms with Gasteiger partial charge in [0.2, 0.25) is 0 Å². The number of sulfonamides is 1. The average molecular weight is 374 g/mol. The van der Waals surface area contributed by atoms with Gasteiger partial charge in [0.25, 0.3) is 10.0 Å². The van der Waals surface area contributed by atoms with Crippen molar-refractivity contribution in [1.29, 1.82) is 0 Å². The van der Waals surface area contributed by atoms with Crippen molar-refractivity contribution in [2.45, 2.75) is 4.90 Å². The van der Waals surface area contributed by atoms with Crippen molar-refractivity contribution in [2.75, 3.05) is 4.72 Å². The number of aromatic nitrogens is 2. The van der Waals surface area contributed by atoms with E-state index in [1.807, 2.05) is 0 Å². The minimum atomic E-state index is -3.83. The number of hydrogen-bond donors (Lipinski definition) is 3. The van der Waals surface area contributed by atoms with Gasteiger partial charge in [-0.1, -0.05) is 27.2 Å². The maximum atomic E-state index is 12.4. The molecular weight excluding hydrogens is 362 g/mol. The molecule has 1 heterocycles. The Labute approximate surface area is 129 Å². The molecule has 0 unspecified atom stereocenters. The van der Waals surface area contributed by atoms with E-state index in [2.05, 4.69) is 30.9 Å². The number of amidine groups is 1. The third-order valence-electron chi connectivity index (χ3n) is 2.66. The van der Waals surface area contributed by atoms with Gasteiger partial charge in [-0.15, -0.1) is 0 Å². The molecule has 1 aromatic heterocycles. The lowest BCUT2D eigenvalue weighted by Crippen LogP contribution is -2.20. The largest absolute Gasteiger partial charge is 0.409 e. The first-order valence-electron chi connectivity index (χ1n) is 5.63. The van der Waals surface area contributed by atoms with E-state index in [0.717, 1.165) is 0 Å². The van der Waals surface area contributed by atoms with Gasteiger partial charge in [0.1, 0.15) is 5.82 Å². The van der Waals surface area contributed by atoms with E-state index in [-0.39, 0.29) is 22.1 Å². The molecular formula is C11H12BrN5O3S. The SMILES string of the molecule is Cn1ncc(C(N)=NO)c1NS(=O)(=O)c1cccc(Br)c1. The van der Waals surface area contributed by atoms with Crippen LogP contribution in [0.2, 0.25) is 0 Å². The minimum absolute atomic E-state index is 0.0727. The second-order valence-electron chi connectivity index (χ2n) is 4.08. The van der Waals surface area contributed by atoms with Crippen LogP contribution in [0.25, 0.3) is 0 Å². The predicted molar refractivity (Wildman–Crippen MR) is 80.7 cm³/mol. The number of halogens is 1. The number of hydrogen-bond acceptors (Lipinski definition) is 5. The standard InChI is InChI=1S/C11H12BrN5O3S/c1-17-11(9(6-14-17)10(13)15-18)16-21(19,20)8-4-2-3-7(12)5-8/h2-6,16,18H,1H3,(H2,13,15). The molecule has 0 aliphatic carbocycles. The average Bonchev–Trinajstić information content (AvgIpc) is 2.79. The highest BCUT2D eigenvalue weighted by atomic mass is 79.9. The first-order chi connectivity index (χ1) is 9.85. The van der Waals surface area contributed by atoms with E-state index in [1.54, 1.807) is 12.1 Å². The second-order valence-corrected chi connectivity index (χ2v) is 6.68. The first kappa shape index (κ1) is 15.3. The van der Waals surface area contributed by atoms with Gasteiger partial charge in [-0.05, 0) is 18.2 Å². The zero-order chi connectivity index (χ0) is 15.6. The fourth-order valence-electron chi connectivity index (χ4n) is 1.62. The number of anilines is 1. The Hall–Kier alpha value is -2.07. The van der Waals surface area contributed by atoms with Crippen LogP contribution in [0.15, 0.2) is 45.0 Å². The summed E-state index contributed by atoms with van der Waals surface area (Å²) in [7, 11) is -2.29. The molecule has 0 radical (unpaired) electrons. The van der Waals surface area contributed by atoms with Crippen molar-refractivity contribution in [3.05, 3.63) is 40.5 Å². The zero-order valence-electron chi connectivity index (χ0n) is 10.9. The van der Waals surface area contributed by atoms with Crippen LogP contribution >= 0.6 is 15.9 Å². The molecule has 0 saturated carbocycles. The Kier molecular flexibility index (Phi) is 4.19. The summed E-state index contributed by atoms with van der Waals surface area (Å²) in [4.78, 5) is 0.0727. The number of rotatable bonds is 4. The molecule has 112 valence electrons. The van der Waals surface area contributed by atoms with Gasteiger partial charge in [0.05, 0.1) is 16.7 Å². The summed E-state index contributed by atoms with van der Waals surface area (Å²) in [6, 6.07) is 6.23. The van der Waals surface area contributed by atoms with Crippen LogP contribution < -0.4 is 10.5 Å². The summed E-state index contributed by atoms with van der Waals surface area (Å²) in [5.41, 5.74) is 5.67. The van der Waals surface area contributed by atoms with Gasteiger partial charge < -0.3 is 10.9 Å². The van der Waals surface area contributed by atoms with E-state index >= 15 is 0 Å². The number of oxime groups is 1. The Balaban J connectivity index is 2.45. The van der Waals surface area contributed by atoms with Gasteiger partial charge in [0.15, 0.2) is 5.84 Å². The number of benzene rings is 1. The number of aryl methyl sites for hydroxylation is 1. The van der Waals surface area contributed by atoms with Crippen LogP contribution in [0.5, 0.6) is 0 Å². The fourth-order valence-corrected chi connectivity index (χ4v) is 3.33. The van der Waals surface area contributed by atoms with Gasteiger partial charge in [-0.2, -0.15) is 5.10 Å². The van der Waals surface area contributed by atoms with Crippen molar-refractivity contribution in [2.24, 2.45) is 17.9 Å². The molecule has 2 rings (SSSR count). The van der Waals surface area contributed by atoms with Gasteiger partial charge in [-0.25, -0.2) is 8.42 Å². The first-order valence-corrected chi connectivity index (χ1v) is 7.91. The summed E-state index contributed by atoms with van der Waals surface area (Å²) in [6.07, 6.45) is 1.30. The van der Waals surface area contributed by atoms with Crippen LogP contribution in [0.3, 0.4) is 0 Å². The molecule has 4 N–H and O–H groups in total. The molecule has 0 aliphatic rings. The topological polar surface area (TPSA) is 123 Å². The molecule has 0 aliphatic heterocycles. The van der Waals surface area contributed by atoms with E-state index in [1.165, 1.54) is 30.1 Å². The smallest absolute Gasteiger partial charge is 0.263 e. The number of nitrogens with one attached hydrogen (secondary N) is 1.